The molecule has 1 atom stereocenters. The second-order valence-electron chi connectivity index (χ2n) is 5.60. The van der Waals surface area contributed by atoms with Gasteiger partial charge in [-0.15, -0.1) is 0 Å². The quantitative estimate of drug-likeness (QED) is 0.769. The van der Waals surface area contributed by atoms with E-state index >= 15 is 0 Å². The van der Waals surface area contributed by atoms with Crippen LogP contribution in [0.4, 0.5) is 13.2 Å². The zero-order valence-electron chi connectivity index (χ0n) is 13.4. The second-order valence-corrected chi connectivity index (χ2v) is 5.60. The molecule has 0 radical (unpaired) electrons. The summed E-state index contributed by atoms with van der Waals surface area (Å²) < 4.78 is 31.7. The highest BCUT2D eigenvalue weighted by molar-refractivity contribution is 5.98. The maximum absolute atomic E-state index is 12.3. The van der Waals surface area contributed by atoms with Crippen molar-refractivity contribution in [2.24, 2.45) is 0 Å². The lowest BCUT2D eigenvalue weighted by Gasteiger charge is -2.15. The summed E-state index contributed by atoms with van der Waals surface area (Å²) in [4.78, 5) is 26.3. The Balaban J connectivity index is 0.000000277. The van der Waals surface area contributed by atoms with E-state index in [4.69, 9.17) is 9.90 Å². The van der Waals surface area contributed by atoms with Crippen LogP contribution in [0.25, 0.3) is 10.9 Å². The summed E-state index contributed by atoms with van der Waals surface area (Å²) in [6.45, 7) is 1.63. The summed E-state index contributed by atoms with van der Waals surface area (Å²) in [5, 5.41) is 11.4. The van der Waals surface area contributed by atoms with Gasteiger partial charge in [-0.1, -0.05) is 18.2 Å². The molecule has 2 aromatic rings. The van der Waals surface area contributed by atoms with Crippen molar-refractivity contribution in [3.8, 4) is 0 Å². The number of carboxylic acid groups (broad SMARTS) is 1. The number of carbonyl (C=O) groups excluding carboxylic acids is 1. The molecule has 136 valence electrons. The number of H-pyrrole nitrogens is 1. The average molecular weight is 357 g/mol. The minimum atomic E-state index is -5.08. The van der Waals surface area contributed by atoms with Gasteiger partial charge in [0.15, 0.2) is 0 Å². The van der Waals surface area contributed by atoms with Crippen molar-refractivity contribution in [3.63, 3.8) is 0 Å². The van der Waals surface area contributed by atoms with E-state index in [1.54, 1.807) is 0 Å². The Kier molecular flexibility index (Phi) is 5.68. The summed E-state index contributed by atoms with van der Waals surface area (Å²) in [5.74, 6) is -2.66. The van der Waals surface area contributed by atoms with Crippen LogP contribution in [-0.2, 0) is 4.79 Å². The molecule has 6 nitrogen and oxygen atoms in total. The summed E-state index contributed by atoms with van der Waals surface area (Å²) in [6, 6.07) is 10.3. The van der Waals surface area contributed by atoms with Gasteiger partial charge in [0.05, 0.1) is 0 Å². The number of alkyl halides is 3. The number of aliphatic carboxylic acids is 1. The van der Waals surface area contributed by atoms with E-state index in [9.17, 15) is 18.0 Å². The Bertz CT molecular complexity index is 725. The molecule has 3 N–H and O–H groups in total. The zero-order chi connectivity index (χ0) is 18.6. The molecule has 1 amide bonds. The van der Waals surface area contributed by atoms with Crippen LogP contribution in [0.5, 0.6) is 0 Å². The minimum absolute atomic E-state index is 0.101. The van der Waals surface area contributed by atoms with E-state index < -0.39 is 12.1 Å². The van der Waals surface area contributed by atoms with E-state index in [1.165, 1.54) is 0 Å². The number of aromatic nitrogens is 1. The standard InChI is InChI=1S/C14H17N3O.C2HF3O2/c1-15-11-6-7-17(9-11)14(18)13-8-10-4-2-3-5-12(10)16-13;3-2(4,5)1(6)7/h2-5,8,11,15-16H,6-7,9H2,1H3;(H,6,7). The number of amides is 1. The van der Waals surface area contributed by atoms with Crippen molar-refractivity contribution in [1.82, 2.24) is 15.2 Å². The number of rotatable bonds is 2. The maximum atomic E-state index is 12.3. The Morgan fingerprint density at radius 3 is 2.48 bits per heavy atom. The van der Waals surface area contributed by atoms with Gasteiger partial charge in [0, 0.05) is 30.0 Å². The number of hydrogen-bond donors (Lipinski definition) is 3. The number of nitrogens with zero attached hydrogens (tertiary/aromatic N) is 1. The lowest BCUT2D eigenvalue weighted by Crippen LogP contribution is -2.33. The fourth-order valence-electron chi connectivity index (χ4n) is 2.54. The SMILES string of the molecule is CNC1CCN(C(=O)c2cc3ccccc3[nH]2)C1.O=C(O)C(F)(F)F. The largest absolute Gasteiger partial charge is 0.490 e. The van der Waals surface area contributed by atoms with Crippen LogP contribution in [0.15, 0.2) is 30.3 Å². The lowest BCUT2D eigenvalue weighted by atomic mass is 10.2. The Morgan fingerprint density at radius 1 is 1.32 bits per heavy atom. The van der Waals surface area contributed by atoms with Crippen LogP contribution in [0.2, 0.25) is 0 Å². The van der Waals surface area contributed by atoms with Crippen molar-refractivity contribution < 1.29 is 27.9 Å². The molecule has 1 aliphatic heterocycles. The molecule has 0 bridgehead atoms. The molecular weight excluding hydrogens is 339 g/mol. The van der Waals surface area contributed by atoms with Gasteiger partial charge in [-0.3, -0.25) is 4.79 Å². The van der Waals surface area contributed by atoms with Crippen molar-refractivity contribution in [3.05, 3.63) is 36.0 Å². The monoisotopic (exact) mass is 357 g/mol. The molecule has 9 heteroatoms. The van der Waals surface area contributed by atoms with Gasteiger partial charge in [0.1, 0.15) is 5.69 Å². The number of nitrogens with one attached hydrogen (secondary N) is 2. The highest BCUT2D eigenvalue weighted by atomic mass is 19.4. The molecule has 1 fully saturated rings. The van der Waals surface area contributed by atoms with Crippen LogP contribution < -0.4 is 5.32 Å². The molecule has 25 heavy (non-hydrogen) atoms. The first-order valence-corrected chi connectivity index (χ1v) is 7.56. The van der Waals surface area contributed by atoms with Crippen LogP contribution in [0.1, 0.15) is 16.9 Å². The number of likely N-dealkylation sites (tertiary alicyclic amines) is 1. The van der Waals surface area contributed by atoms with Gasteiger partial charge < -0.3 is 20.3 Å². The topological polar surface area (TPSA) is 85.4 Å². The van der Waals surface area contributed by atoms with Crippen molar-refractivity contribution in [2.75, 3.05) is 20.1 Å². The zero-order valence-corrected chi connectivity index (χ0v) is 13.4. The van der Waals surface area contributed by atoms with E-state index in [1.807, 2.05) is 42.3 Å². The van der Waals surface area contributed by atoms with Crippen LogP contribution >= 0.6 is 0 Å². The van der Waals surface area contributed by atoms with Crippen LogP contribution in [-0.4, -0.2) is 59.2 Å². The number of likely N-dealkylation sites (N-methyl/N-ethyl adjacent to an activating group) is 1. The number of benzene rings is 1. The predicted octanol–water partition coefficient (Wildman–Crippen LogP) is 2.24. The number of halogens is 3. The molecule has 0 saturated carbocycles. The Morgan fingerprint density at radius 2 is 1.96 bits per heavy atom. The third-order valence-electron chi connectivity index (χ3n) is 3.89. The summed E-state index contributed by atoms with van der Waals surface area (Å²) in [7, 11) is 1.95. The number of para-hydroxylation sites is 1. The van der Waals surface area contributed by atoms with E-state index in [2.05, 4.69) is 10.3 Å². The number of aromatic amines is 1. The minimum Gasteiger partial charge on any atom is -0.475 e. The highest BCUT2D eigenvalue weighted by Gasteiger charge is 2.38. The summed E-state index contributed by atoms with van der Waals surface area (Å²) >= 11 is 0. The molecule has 2 heterocycles. The lowest BCUT2D eigenvalue weighted by molar-refractivity contribution is -0.192. The molecule has 1 aromatic heterocycles. The molecule has 0 aliphatic carbocycles. The molecule has 1 unspecified atom stereocenters. The van der Waals surface area contributed by atoms with Gasteiger partial charge in [0.2, 0.25) is 0 Å². The van der Waals surface area contributed by atoms with Crippen molar-refractivity contribution >= 4 is 22.8 Å². The number of fused-ring (bicyclic) bond motifs is 1. The number of hydrogen-bond acceptors (Lipinski definition) is 3. The van der Waals surface area contributed by atoms with Crippen molar-refractivity contribution in [1.29, 1.82) is 0 Å². The average Bonchev–Trinajstić information content (AvgIpc) is 3.20. The molecular formula is C16H18F3N3O3. The predicted molar refractivity (Wildman–Crippen MR) is 85.4 cm³/mol. The van der Waals surface area contributed by atoms with Crippen LogP contribution in [0, 0.1) is 0 Å². The van der Waals surface area contributed by atoms with E-state index in [0.717, 1.165) is 30.4 Å². The fourth-order valence-corrected chi connectivity index (χ4v) is 2.54. The molecule has 1 aromatic carbocycles. The Labute approximate surface area is 141 Å². The van der Waals surface area contributed by atoms with Gasteiger partial charge in [-0.05, 0) is 25.6 Å². The molecule has 3 rings (SSSR count). The maximum Gasteiger partial charge on any atom is 0.490 e. The summed E-state index contributed by atoms with van der Waals surface area (Å²) in [6.07, 6.45) is -4.05. The first-order chi connectivity index (χ1) is 11.7. The van der Waals surface area contributed by atoms with Gasteiger partial charge in [0.25, 0.3) is 5.91 Å². The molecule has 1 saturated heterocycles. The summed E-state index contributed by atoms with van der Waals surface area (Å²) in [5.41, 5.74) is 1.71. The third kappa shape index (κ3) is 4.72. The smallest absolute Gasteiger partial charge is 0.475 e. The second kappa shape index (κ2) is 7.56. The Hall–Kier alpha value is -2.55. The van der Waals surface area contributed by atoms with Crippen molar-refractivity contribution in [2.45, 2.75) is 18.6 Å². The number of carboxylic acids is 1. The first kappa shape index (κ1) is 18.8. The number of carbonyl (C=O) groups is 2. The highest BCUT2D eigenvalue weighted by Crippen LogP contribution is 2.18. The van der Waals surface area contributed by atoms with Gasteiger partial charge >= 0.3 is 12.1 Å². The van der Waals surface area contributed by atoms with E-state index in [-0.39, 0.29) is 5.91 Å². The molecule has 1 aliphatic rings. The normalized spacial score (nSPS) is 17.3. The van der Waals surface area contributed by atoms with Gasteiger partial charge in [-0.25, -0.2) is 4.79 Å². The van der Waals surface area contributed by atoms with E-state index in [0.29, 0.717) is 11.7 Å². The first-order valence-electron chi connectivity index (χ1n) is 7.56. The van der Waals surface area contributed by atoms with Crippen LogP contribution in [0.3, 0.4) is 0 Å². The third-order valence-corrected chi connectivity index (χ3v) is 3.89. The van der Waals surface area contributed by atoms with Gasteiger partial charge in [-0.2, -0.15) is 13.2 Å². The molecule has 0 spiro atoms. The fraction of sp³-hybridized carbons (Fsp3) is 0.375.